The second-order valence-corrected chi connectivity index (χ2v) is 6.67. The average Bonchev–Trinajstić information content (AvgIpc) is 2.37. The van der Waals surface area contributed by atoms with Crippen LogP contribution in [-0.4, -0.2) is 49.7 Å². The summed E-state index contributed by atoms with van der Waals surface area (Å²) in [6, 6.07) is 0.482. The number of ether oxygens (including phenoxy) is 1. The number of rotatable bonds is 6. The van der Waals surface area contributed by atoms with Gasteiger partial charge < -0.3 is 15.0 Å². The molecule has 2 unspecified atom stereocenters. The molecule has 0 bridgehead atoms. The number of esters is 1. The lowest BCUT2D eigenvalue weighted by atomic mass is 9.75. The average molecular weight is 282 g/mol. The van der Waals surface area contributed by atoms with Gasteiger partial charge >= 0.3 is 5.97 Å². The van der Waals surface area contributed by atoms with Crippen LogP contribution in [0.2, 0.25) is 0 Å². The Kier molecular flexibility index (Phi) is 5.44. The van der Waals surface area contributed by atoms with Crippen LogP contribution in [0.4, 0.5) is 0 Å². The van der Waals surface area contributed by atoms with Gasteiger partial charge in [0.1, 0.15) is 0 Å². The van der Waals surface area contributed by atoms with Crippen molar-refractivity contribution in [1.82, 2.24) is 10.2 Å². The van der Waals surface area contributed by atoms with Crippen LogP contribution in [0.5, 0.6) is 0 Å². The SMILES string of the molecule is CCOC(=O)C1CCCC(NCC2(N(C)C)CCC2)C1. The molecule has 0 aliphatic heterocycles. The first-order valence-corrected chi connectivity index (χ1v) is 8.15. The van der Waals surface area contributed by atoms with Crippen LogP contribution in [-0.2, 0) is 9.53 Å². The third-order valence-corrected chi connectivity index (χ3v) is 5.25. The summed E-state index contributed by atoms with van der Waals surface area (Å²) in [6.45, 7) is 3.44. The van der Waals surface area contributed by atoms with Gasteiger partial charge in [-0.3, -0.25) is 4.79 Å². The zero-order valence-corrected chi connectivity index (χ0v) is 13.3. The lowest BCUT2D eigenvalue weighted by Gasteiger charge is -2.48. The van der Waals surface area contributed by atoms with E-state index in [1.54, 1.807) is 0 Å². The third kappa shape index (κ3) is 3.53. The standard InChI is InChI=1S/C16H30N2O2/c1-4-20-15(19)13-7-5-8-14(11-13)17-12-16(18(2)3)9-6-10-16/h13-14,17H,4-12H2,1-3H3. The van der Waals surface area contributed by atoms with Gasteiger partial charge in [-0.2, -0.15) is 0 Å². The second kappa shape index (κ2) is 6.90. The van der Waals surface area contributed by atoms with Crippen molar-refractivity contribution >= 4 is 5.97 Å². The molecule has 2 saturated carbocycles. The molecule has 4 heteroatoms. The topological polar surface area (TPSA) is 41.6 Å². The molecule has 0 spiro atoms. The molecule has 2 atom stereocenters. The van der Waals surface area contributed by atoms with Crippen molar-refractivity contribution in [3.63, 3.8) is 0 Å². The first kappa shape index (κ1) is 15.8. The molecule has 2 rings (SSSR count). The molecule has 2 aliphatic carbocycles. The number of nitrogens with zero attached hydrogens (tertiary/aromatic N) is 1. The van der Waals surface area contributed by atoms with Crippen molar-refractivity contribution in [2.24, 2.45) is 5.92 Å². The molecule has 4 nitrogen and oxygen atoms in total. The Labute approximate surface area is 123 Å². The van der Waals surface area contributed by atoms with Crippen molar-refractivity contribution in [1.29, 1.82) is 0 Å². The van der Waals surface area contributed by atoms with E-state index < -0.39 is 0 Å². The summed E-state index contributed by atoms with van der Waals surface area (Å²) in [4.78, 5) is 14.2. The Morgan fingerprint density at radius 3 is 2.60 bits per heavy atom. The zero-order valence-electron chi connectivity index (χ0n) is 13.3. The highest BCUT2D eigenvalue weighted by atomic mass is 16.5. The van der Waals surface area contributed by atoms with Crippen LogP contribution in [0.25, 0.3) is 0 Å². The molecule has 2 aliphatic rings. The smallest absolute Gasteiger partial charge is 0.308 e. The maximum Gasteiger partial charge on any atom is 0.308 e. The minimum absolute atomic E-state index is 0.00460. The van der Waals surface area contributed by atoms with Crippen LogP contribution < -0.4 is 5.32 Å². The van der Waals surface area contributed by atoms with Crippen LogP contribution >= 0.6 is 0 Å². The second-order valence-electron chi connectivity index (χ2n) is 6.67. The fourth-order valence-electron chi connectivity index (χ4n) is 3.55. The molecule has 0 aromatic heterocycles. The van der Waals surface area contributed by atoms with E-state index in [1.807, 2.05) is 6.92 Å². The molecule has 0 amide bonds. The molecule has 0 aromatic carbocycles. The third-order valence-electron chi connectivity index (χ3n) is 5.25. The summed E-state index contributed by atoms with van der Waals surface area (Å²) in [5, 5.41) is 3.72. The predicted molar refractivity (Wildman–Crippen MR) is 80.7 cm³/mol. The normalized spacial score (nSPS) is 29.0. The van der Waals surface area contributed by atoms with E-state index in [0.717, 1.165) is 25.8 Å². The van der Waals surface area contributed by atoms with Gasteiger partial charge in [0.25, 0.3) is 0 Å². The Balaban J connectivity index is 1.79. The van der Waals surface area contributed by atoms with Gasteiger partial charge in [0.2, 0.25) is 0 Å². The number of nitrogens with one attached hydrogen (secondary N) is 1. The summed E-state index contributed by atoms with van der Waals surface area (Å²) in [5.74, 6) is 0.114. The molecule has 116 valence electrons. The molecule has 0 aromatic rings. The van der Waals surface area contributed by atoms with E-state index in [-0.39, 0.29) is 11.9 Å². The van der Waals surface area contributed by atoms with E-state index in [4.69, 9.17) is 4.74 Å². The van der Waals surface area contributed by atoms with E-state index in [9.17, 15) is 4.79 Å². The van der Waals surface area contributed by atoms with E-state index >= 15 is 0 Å². The summed E-state index contributed by atoms with van der Waals surface area (Å²) >= 11 is 0. The number of hydrogen-bond acceptors (Lipinski definition) is 4. The maximum atomic E-state index is 11.9. The van der Waals surface area contributed by atoms with Gasteiger partial charge in [0.15, 0.2) is 0 Å². The van der Waals surface area contributed by atoms with Crippen LogP contribution in [0.1, 0.15) is 51.9 Å². The van der Waals surface area contributed by atoms with Crippen LogP contribution in [0.3, 0.4) is 0 Å². The fourth-order valence-corrected chi connectivity index (χ4v) is 3.55. The first-order valence-electron chi connectivity index (χ1n) is 8.15. The Bertz CT molecular complexity index is 326. The van der Waals surface area contributed by atoms with Crippen molar-refractivity contribution in [3.05, 3.63) is 0 Å². The highest BCUT2D eigenvalue weighted by Gasteiger charge is 2.39. The van der Waals surface area contributed by atoms with Crippen molar-refractivity contribution in [2.75, 3.05) is 27.2 Å². The zero-order chi connectivity index (χ0) is 14.6. The number of carbonyl (C=O) groups is 1. The summed E-state index contributed by atoms with van der Waals surface area (Å²) < 4.78 is 5.17. The molecular formula is C16H30N2O2. The lowest BCUT2D eigenvalue weighted by molar-refractivity contribution is -0.149. The Morgan fingerprint density at radius 2 is 2.05 bits per heavy atom. The minimum atomic E-state index is 0.00460. The predicted octanol–water partition coefficient (Wildman–Crippen LogP) is 2.18. The van der Waals surface area contributed by atoms with Crippen molar-refractivity contribution in [2.45, 2.75) is 63.5 Å². The van der Waals surface area contributed by atoms with E-state index in [1.165, 1.54) is 25.7 Å². The summed E-state index contributed by atoms with van der Waals surface area (Å²) in [6.07, 6.45) is 8.20. The van der Waals surface area contributed by atoms with E-state index in [2.05, 4.69) is 24.3 Å². The van der Waals surface area contributed by atoms with Crippen molar-refractivity contribution in [3.8, 4) is 0 Å². The van der Waals surface area contributed by atoms with Gasteiger partial charge in [-0.05, 0) is 59.5 Å². The van der Waals surface area contributed by atoms with Crippen LogP contribution in [0.15, 0.2) is 0 Å². The highest BCUT2D eigenvalue weighted by Crippen LogP contribution is 2.36. The van der Waals surface area contributed by atoms with Gasteiger partial charge in [-0.25, -0.2) is 0 Å². The monoisotopic (exact) mass is 282 g/mol. The van der Waals surface area contributed by atoms with Crippen molar-refractivity contribution < 1.29 is 9.53 Å². The highest BCUT2D eigenvalue weighted by molar-refractivity contribution is 5.72. The first-order chi connectivity index (χ1) is 9.57. The number of carbonyl (C=O) groups excluding carboxylic acids is 1. The van der Waals surface area contributed by atoms with Gasteiger partial charge in [-0.15, -0.1) is 0 Å². The minimum Gasteiger partial charge on any atom is -0.466 e. The Hall–Kier alpha value is -0.610. The summed E-state index contributed by atoms with van der Waals surface area (Å²) in [7, 11) is 4.37. The number of likely N-dealkylation sites (N-methyl/N-ethyl adjacent to an activating group) is 1. The van der Waals surface area contributed by atoms with Gasteiger partial charge in [0.05, 0.1) is 12.5 Å². The summed E-state index contributed by atoms with van der Waals surface area (Å²) in [5.41, 5.74) is 0.358. The molecule has 0 radical (unpaired) electrons. The maximum absolute atomic E-state index is 11.9. The van der Waals surface area contributed by atoms with E-state index in [0.29, 0.717) is 18.2 Å². The quantitative estimate of drug-likeness (QED) is 0.758. The molecular weight excluding hydrogens is 252 g/mol. The van der Waals surface area contributed by atoms with Gasteiger partial charge in [-0.1, -0.05) is 6.42 Å². The molecule has 1 N–H and O–H groups in total. The molecule has 20 heavy (non-hydrogen) atoms. The fraction of sp³-hybridized carbons (Fsp3) is 0.938. The molecule has 0 saturated heterocycles. The number of hydrogen-bond donors (Lipinski definition) is 1. The van der Waals surface area contributed by atoms with Gasteiger partial charge in [0, 0.05) is 18.1 Å². The largest absolute Gasteiger partial charge is 0.466 e. The Morgan fingerprint density at radius 1 is 1.30 bits per heavy atom. The molecule has 0 heterocycles. The lowest BCUT2D eigenvalue weighted by Crippen LogP contribution is -2.58. The van der Waals surface area contributed by atoms with Crippen LogP contribution in [0, 0.1) is 5.92 Å². The molecule has 2 fully saturated rings.